The Kier molecular flexibility index (Phi) is 16.4. The highest BCUT2D eigenvalue weighted by atomic mass is 32.2. The van der Waals surface area contributed by atoms with Crippen LogP contribution in [0.5, 0.6) is 17.2 Å². The van der Waals surface area contributed by atoms with E-state index in [9.17, 15) is 9.46 Å². The summed E-state index contributed by atoms with van der Waals surface area (Å²) in [5.74, 6) is 2.54. The molecule has 3 rings (SSSR count). The SMILES string of the molecule is CCCCCCCCCCCCOc1cccc(OCC(COP(=O)(O)Oc2cccc(CN3C=C(C)SC3)c2)OC)c1. The van der Waals surface area contributed by atoms with Crippen molar-refractivity contribution in [3.63, 3.8) is 0 Å². The molecule has 2 aromatic rings. The van der Waals surface area contributed by atoms with Crippen molar-refractivity contribution >= 4 is 19.6 Å². The number of methoxy groups -OCH3 is 1. The van der Waals surface area contributed by atoms with Crippen LogP contribution < -0.4 is 14.0 Å². The van der Waals surface area contributed by atoms with Crippen LogP contribution in [0.1, 0.15) is 83.6 Å². The van der Waals surface area contributed by atoms with E-state index in [1.165, 1.54) is 69.8 Å². The molecular weight excluding hydrogens is 585 g/mol. The quantitative estimate of drug-likeness (QED) is 0.0950. The molecule has 1 aliphatic rings. The average Bonchev–Trinajstić information content (AvgIpc) is 3.40. The molecule has 0 spiro atoms. The van der Waals surface area contributed by atoms with Crippen LogP contribution in [-0.2, 0) is 20.4 Å². The molecule has 0 aromatic heterocycles. The number of rotatable bonds is 23. The Morgan fingerprint density at radius 3 is 2.21 bits per heavy atom. The van der Waals surface area contributed by atoms with Crippen molar-refractivity contribution in [2.75, 3.05) is 32.8 Å². The molecule has 1 aliphatic heterocycles. The van der Waals surface area contributed by atoms with Crippen molar-refractivity contribution in [2.45, 2.75) is 90.7 Å². The first-order valence-corrected chi connectivity index (χ1v) is 18.0. The minimum Gasteiger partial charge on any atom is -0.493 e. The zero-order chi connectivity index (χ0) is 30.8. The largest absolute Gasteiger partial charge is 0.527 e. The maximum Gasteiger partial charge on any atom is 0.527 e. The highest BCUT2D eigenvalue weighted by Gasteiger charge is 2.26. The number of thioether (sulfide) groups is 1. The summed E-state index contributed by atoms with van der Waals surface area (Å²) in [4.78, 5) is 13.8. The van der Waals surface area contributed by atoms with Gasteiger partial charge < -0.3 is 23.6 Å². The van der Waals surface area contributed by atoms with Gasteiger partial charge in [0.05, 0.1) is 19.1 Å². The van der Waals surface area contributed by atoms with Crippen LogP contribution in [0, 0.1) is 0 Å². The summed E-state index contributed by atoms with van der Waals surface area (Å²) in [6, 6.07) is 14.6. The van der Waals surface area contributed by atoms with Gasteiger partial charge in [-0.3, -0.25) is 9.42 Å². The van der Waals surface area contributed by atoms with Crippen molar-refractivity contribution < 1.29 is 32.7 Å². The zero-order valence-electron chi connectivity index (χ0n) is 26.1. The normalized spacial score (nSPS) is 15.2. The van der Waals surface area contributed by atoms with Gasteiger partial charge in [0.2, 0.25) is 0 Å². The molecule has 1 heterocycles. The first-order chi connectivity index (χ1) is 20.9. The molecule has 0 bridgehead atoms. The standard InChI is InChI=1S/C33H50NO7PS/c1-4-5-6-7-8-9-10-11-12-13-20-38-30-17-15-18-31(22-30)39-25-33(37-3)26-40-42(35,36)41-32-19-14-16-29(21-32)24-34-23-28(2)43-27-34/h14-19,21-23,33H,4-13,20,24-27H2,1-3H3,(H,35,36). The molecule has 2 unspecified atom stereocenters. The second kappa shape index (κ2) is 20.0. The van der Waals surface area contributed by atoms with Gasteiger partial charge in [0.25, 0.3) is 0 Å². The fraction of sp³-hybridized carbons (Fsp3) is 0.576. The van der Waals surface area contributed by atoms with Gasteiger partial charge in [0.1, 0.15) is 30.0 Å². The summed E-state index contributed by atoms with van der Waals surface area (Å²) in [6.45, 7) is 5.66. The second-order valence-electron chi connectivity index (χ2n) is 10.9. The molecule has 0 saturated heterocycles. The lowest BCUT2D eigenvalue weighted by Crippen LogP contribution is -2.25. The predicted octanol–water partition coefficient (Wildman–Crippen LogP) is 8.94. The minimum absolute atomic E-state index is 0.134. The molecule has 0 saturated carbocycles. The Morgan fingerprint density at radius 1 is 0.884 bits per heavy atom. The maximum absolute atomic E-state index is 12.6. The van der Waals surface area contributed by atoms with Gasteiger partial charge in [0.15, 0.2) is 0 Å². The van der Waals surface area contributed by atoms with Gasteiger partial charge in [0, 0.05) is 25.9 Å². The lowest BCUT2D eigenvalue weighted by molar-refractivity contribution is 0.0160. The van der Waals surface area contributed by atoms with Crippen LogP contribution in [0.4, 0.5) is 0 Å². The molecule has 2 aromatic carbocycles. The third-order valence-corrected chi connectivity index (χ3v) is 9.03. The monoisotopic (exact) mass is 635 g/mol. The van der Waals surface area contributed by atoms with E-state index in [0.717, 1.165) is 23.6 Å². The van der Waals surface area contributed by atoms with E-state index in [0.29, 0.717) is 18.9 Å². The van der Waals surface area contributed by atoms with Gasteiger partial charge in [-0.1, -0.05) is 82.9 Å². The molecule has 0 aliphatic carbocycles. The second-order valence-corrected chi connectivity index (χ2v) is 13.5. The smallest absolute Gasteiger partial charge is 0.493 e. The first kappa shape index (κ1) is 35.3. The predicted molar refractivity (Wildman–Crippen MR) is 175 cm³/mol. The van der Waals surface area contributed by atoms with Crippen molar-refractivity contribution in [3.05, 3.63) is 65.2 Å². The first-order valence-electron chi connectivity index (χ1n) is 15.6. The number of hydrogen-bond donors (Lipinski definition) is 1. The fourth-order valence-electron chi connectivity index (χ4n) is 4.69. The Morgan fingerprint density at radius 2 is 1.53 bits per heavy atom. The lowest BCUT2D eigenvalue weighted by atomic mass is 10.1. The third kappa shape index (κ3) is 14.9. The molecule has 43 heavy (non-hydrogen) atoms. The molecule has 1 N–H and O–H groups in total. The number of phosphoric acid groups is 1. The summed E-state index contributed by atoms with van der Waals surface area (Å²) in [6.07, 6.45) is 14.4. The van der Waals surface area contributed by atoms with Crippen molar-refractivity contribution in [3.8, 4) is 17.2 Å². The van der Waals surface area contributed by atoms with Crippen LogP contribution in [-0.4, -0.2) is 48.7 Å². The number of unbranched alkanes of at least 4 members (excludes halogenated alkanes) is 9. The summed E-state index contributed by atoms with van der Waals surface area (Å²) in [7, 11) is -2.86. The summed E-state index contributed by atoms with van der Waals surface area (Å²) < 4.78 is 40.4. The van der Waals surface area contributed by atoms with Crippen LogP contribution in [0.25, 0.3) is 0 Å². The molecule has 0 fully saturated rings. The molecule has 2 atom stereocenters. The van der Waals surface area contributed by atoms with E-state index >= 15 is 0 Å². The summed E-state index contributed by atoms with van der Waals surface area (Å²) >= 11 is 1.78. The average molecular weight is 636 g/mol. The molecule has 10 heteroatoms. The topological polar surface area (TPSA) is 86.7 Å². The minimum atomic E-state index is -4.37. The Balaban J connectivity index is 1.33. The zero-order valence-corrected chi connectivity index (χ0v) is 27.8. The number of allylic oxidation sites excluding steroid dienone is 1. The number of hydrogen-bond acceptors (Lipinski definition) is 8. The lowest BCUT2D eigenvalue weighted by Gasteiger charge is -2.19. The van der Waals surface area contributed by atoms with Gasteiger partial charge in [-0.15, -0.1) is 11.8 Å². The van der Waals surface area contributed by atoms with E-state index < -0.39 is 13.9 Å². The molecule has 240 valence electrons. The summed E-state index contributed by atoms with van der Waals surface area (Å²) in [5, 5.41) is 0. The van der Waals surface area contributed by atoms with Gasteiger partial charge in [-0.05, 0) is 48.1 Å². The van der Waals surface area contributed by atoms with Crippen molar-refractivity contribution in [1.29, 1.82) is 0 Å². The van der Waals surface area contributed by atoms with Crippen LogP contribution in [0.15, 0.2) is 59.6 Å². The highest BCUT2D eigenvalue weighted by molar-refractivity contribution is 8.03. The van der Waals surface area contributed by atoms with E-state index in [1.54, 1.807) is 30.0 Å². The summed E-state index contributed by atoms with van der Waals surface area (Å²) in [5.41, 5.74) is 0.974. The number of nitrogens with zero attached hydrogens (tertiary/aromatic N) is 1. The van der Waals surface area contributed by atoms with Crippen LogP contribution in [0.3, 0.4) is 0 Å². The molecule has 8 nitrogen and oxygen atoms in total. The van der Waals surface area contributed by atoms with Gasteiger partial charge >= 0.3 is 7.82 Å². The van der Waals surface area contributed by atoms with Crippen molar-refractivity contribution in [1.82, 2.24) is 4.90 Å². The molecule has 0 amide bonds. The Labute approximate surface area is 262 Å². The fourth-order valence-corrected chi connectivity index (χ4v) is 6.23. The number of phosphoric ester groups is 1. The van der Waals surface area contributed by atoms with Crippen molar-refractivity contribution in [2.24, 2.45) is 0 Å². The molecular formula is C33H50NO7PS. The van der Waals surface area contributed by atoms with E-state index in [-0.39, 0.29) is 19.0 Å². The molecule has 0 radical (unpaired) electrons. The van der Waals surface area contributed by atoms with Gasteiger partial charge in [-0.2, -0.15) is 0 Å². The van der Waals surface area contributed by atoms with Crippen LogP contribution in [0.2, 0.25) is 0 Å². The number of ether oxygens (including phenoxy) is 3. The van der Waals surface area contributed by atoms with Crippen LogP contribution >= 0.6 is 19.6 Å². The Bertz CT molecular complexity index is 1150. The highest BCUT2D eigenvalue weighted by Crippen LogP contribution is 2.44. The maximum atomic E-state index is 12.6. The van der Waals surface area contributed by atoms with E-state index in [4.69, 9.17) is 23.3 Å². The number of benzene rings is 2. The Hall–Kier alpha value is -2.16. The van der Waals surface area contributed by atoms with E-state index in [2.05, 4.69) is 24.9 Å². The third-order valence-electron chi connectivity index (χ3n) is 7.09. The van der Waals surface area contributed by atoms with Gasteiger partial charge in [-0.25, -0.2) is 4.57 Å². The van der Waals surface area contributed by atoms with E-state index in [1.807, 2.05) is 30.3 Å².